The van der Waals surface area contributed by atoms with Gasteiger partial charge in [0, 0.05) is 32.3 Å². The fourth-order valence-electron chi connectivity index (χ4n) is 2.87. The van der Waals surface area contributed by atoms with Crippen LogP contribution in [0.1, 0.15) is 24.4 Å². The Hall–Kier alpha value is -1.42. The zero-order valence-electron chi connectivity index (χ0n) is 12.7. The molecule has 0 radical (unpaired) electrons. The van der Waals surface area contributed by atoms with E-state index in [9.17, 15) is 0 Å². The number of ether oxygens (including phenoxy) is 1. The molecule has 112 valence electrons. The van der Waals surface area contributed by atoms with Crippen LogP contribution in [-0.2, 0) is 4.74 Å². The van der Waals surface area contributed by atoms with E-state index in [2.05, 4.69) is 47.4 Å². The van der Waals surface area contributed by atoms with Crippen LogP contribution in [-0.4, -0.2) is 37.7 Å². The lowest BCUT2D eigenvalue weighted by molar-refractivity contribution is 0.139. The Morgan fingerprint density at radius 2 is 1.95 bits per heavy atom. The second kappa shape index (κ2) is 6.56. The van der Waals surface area contributed by atoms with Gasteiger partial charge in [-0.1, -0.05) is 36.4 Å². The third-order valence-electron chi connectivity index (χ3n) is 4.28. The summed E-state index contributed by atoms with van der Waals surface area (Å²) in [5.41, 5.74) is 7.66. The molecule has 0 bridgehead atoms. The smallest absolute Gasteiger partial charge is 0.0589 e. The Morgan fingerprint density at radius 1 is 1.19 bits per heavy atom. The lowest BCUT2D eigenvalue weighted by Crippen LogP contribution is -2.36. The van der Waals surface area contributed by atoms with Gasteiger partial charge in [-0.3, -0.25) is 4.90 Å². The first-order chi connectivity index (χ1) is 10.3. The van der Waals surface area contributed by atoms with Crippen molar-refractivity contribution in [1.29, 1.82) is 0 Å². The maximum atomic E-state index is 6.44. The van der Waals surface area contributed by atoms with Gasteiger partial charge >= 0.3 is 0 Å². The molecule has 3 nitrogen and oxygen atoms in total. The van der Waals surface area contributed by atoms with Gasteiger partial charge in [-0.05, 0) is 35.2 Å². The van der Waals surface area contributed by atoms with Crippen LogP contribution in [0.25, 0.3) is 10.8 Å². The standard InChI is InChI=1S/C18H24N2O/c1-21-11-10-20(17-8-9-17)13-18(19)16-7-6-14-4-2-3-5-15(14)12-16/h2-7,12,17-18H,8-11,13,19H2,1H3. The highest BCUT2D eigenvalue weighted by atomic mass is 16.5. The Bertz CT molecular complexity index is 595. The summed E-state index contributed by atoms with van der Waals surface area (Å²) in [6, 6.07) is 15.8. The Morgan fingerprint density at radius 3 is 2.67 bits per heavy atom. The van der Waals surface area contributed by atoms with Crippen molar-refractivity contribution in [3.8, 4) is 0 Å². The molecule has 1 aliphatic carbocycles. The minimum Gasteiger partial charge on any atom is -0.383 e. The maximum Gasteiger partial charge on any atom is 0.0589 e. The molecule has 0 saturated heterocycles. The molecule has 1 atom stereocenters. The highest BCUT2D eigenvalue weighted by Gasteiger charge is 2.29. The SMILES string of the molecule is COCCN(CC(N)c1ccc2ccccc2c1)C1CC1. The van der Waals surface area contributed by atoms with Crippen LogP contribution in [0.4, 0.5) is 0 Å². The molecule has 21 heavy (non-hydrogen) atoms. The van der Waals surface area contributed by atoms with Crippen molar-refractivity contribution in [2.45, 2.75) is 24.9 Å². The monoisotopic (exact) mass is 284 g/mol. The summed E-state index contributed by atoms with van der Waals surface area (Å²) in [6.07, 6.45) is 2.60. The summed E-state index contributed by atoms with van der Waals surface area (Å²) in [4.78, 5) is 2.48. The molecule has 1 fully saturated rings. The average Bonchev–Trinajstić information content (AvgIpc) is 3.35. The number of fused-ring (bicyclic) bond motifs is 1. The van der Waals surface area contributed by atoms with Gasteiger partial charge in [-0.15, -0.1) is 0 Å². The van der Waals surface area contributed by atoms with E-state index in [-0.39, 0.29) is 6.04 Å². The molecule has 2 aromatic rings. The highest BCUT2D eigenvalue weighted by molar-refractivity contribution is 5.83. The second-order valence-electron chi connectivity index (χ2n) is 5.93. The van der Waals surface area contributed by atoms with Crippen molar-refractivity contribution in [1.82, 2.24) is 4.90 Å². The fourth-order valence-corrected chi connectivity index (χ4v) is 2.87. The van der Waals surface area contributed by atoms with E-state index < -0.39 is 0 Å². The third-order valence-corrected chi connectivity index (χ3v) is 4.28. The largest absolute Gasteiger partial charge is 0.383 e. The summed E-state index contributed by atoms with van der Waals surface area (Å²) in [7, 11) is 1.76. The van der Waals surface area contributed by atoms with E-state index >= 15 is 0 Å². The van der Waals surface area contributed by atoms with Gasteiger partial charge < -0.3 is 10.5 Å². The Kier molecular flexibility index (Phi) is 4.54. The van der Waals surface area contributed by atoms with Gasteiger partial charge in [0.1, 0.15) is 0 Å². The third kappa shape index (κ3) is 3.62. The summed E-state index contributed by atoms with van der Waals surface area (Å²) in [5, 5.41) is 2.53. The minimum absolute atomic E-state index is 0.0621. The van der Waals surface area contributed by atoms with Crippen LogP contribution in [0.5, 0.6) is 0 Å². The topological polar surface area (TPSA) is 38.5 Å². The summed E-state index contributed by atoms with van der Waals surface area (Å²) in [6.45, 7) is 2.66. The number of benzene rings is 2. The van der Waals surface area contributed by atoms with Gasteiger partial charge in [0.2, 0.25) is 0 Å². The summed E-state index contributed by atoms with van der Waals surface area (Å²) < 4.78 is 5.21. The first kappa shape index (κ1) is 14.5. The average molecular weight is 284 g/mol. The Balaban J connectivity index is 1.71. The van der Waals surface area contributed by atoms with Crippen LogP contribution < -0.4 is 5.73 Å². The van der Waals surface area contributed by atoms with Crippen molar-refractivity contribution in [3.05, 3.63) is 48.0 Å². The van der Waals surface area contributed by atoms with Crippen LogP contribution >= 0.6 is 0 Å². The zero-order valence-corrected chi connectivity index (χ0v) is 12.7. The molecule has 1 unspecified atom stereocenters. The molecule has 3 heteroatoms. The van der Waals surface area contributed by atoms with E-state index in [1.165, 1.54) is 29.2 Å². The quantitative estimate of drug-likeness (QED) is 0.849. The predicted molar refractivity (Wildman–Crippen MR) is 87.3 cm³/mol. The van der Waals surface area contributed by atoms with Gasteiger partial charge in [0.15, 0.2) is 0 Å². The van der Waals surface area contributed by atoms with Crippen molar-refractivity contribution in [3.63, 3.8) is 0 Å². The normalized spacial score (nSPS) is 16.5. The molecular weight excluding hydrogens is 260 g/mol. The van der Waals surface area contributed by atoms with E-state index in [4.69, 9.17) is 10.5 Å². The summed E-state index contributed by atoms with van der Waals surface area (Å²) in [5.74, 6) is 0. The van der Waals surface area contributed by atoms with Crippen LogP contribution in [0.15, 0.2) is 42.5 Å². The number of hydrogen-bond acceptors (Lipinski definition) is 3. The Labute approximate surface area is 126 Å². The van der Waals surface area contributed by atoms with E-state index in [1.807, 2.05) is 0 Å². The van der Waals surface area contributed by atoms with E-state index in [0.29, 0.717) is 6.04 Å². The second-order valence-corrected chi connectivity index (χ2v) is 5.93. The van der Waals surface area contributed by atoms with Crippen LogP contribution in [0, 0.1) is 0 Å². The van der Waals surface area contributed by atoms with Crippen molar-refractivity contribution in [2.24, 2.45) is 5.73 Å². The molecule has 2 N–H and O–H groups in total. The minimum atomic E-state index is 0.0621. The van der Waals surface area contributed by atoms with E-state index in [1.54, 1.807) is 7.11 Å². The molecule has 2 aromatic carbocycles. The van der Waals surface area contributed by atoms with Gasteiger partial charge in [0.25, 0.3) is 0 Å². The highest BCUT2D eigenvalue weighted by Crippen LogP contribution is 2.28. The first-order valence-electron chi connectivity index (χ1n) is 7.75. The van der Waals surface area contributed by atoms with E-state index in [0.717, 1.165) is 19.7 Å². The number of nitrogens with two attached hydrogens (primary N) is 1. The molecule has 1 saturated carbocycles. The number of nitrogens with zero attached hydrogens (tertiary/aromatic N) is 1. The van der Waals surface area contributed by atoms with Crippen molar-refractivity contribution in [2.75, 3.05) is 26.8 Å². The summed E-state index contributed by atoms with van der Waals surface area (Å²) >= 11 is 0. The van der Waals surface area contributed by atoms with Crippen LogP contribution in [0.2, 0.25) is 0 Å². The zero-order chi connectivity index (χ0) is 14.7. The lowest BCUT2D eigenvalue weighted by Gasteiger charge is -2.25. The maximum absolute atomic E-state index is 6.44. The van der Waals surface area contributed by atoms with Crippen LogP contribution in [0.3, 0.4) is 0 Å². The lowest BCUT2D eigenvalue weighted by atomic mass is 10.0. The number of methoxy groups -OCH3 is 1. The van der Waals surface area contributed by atoms with Crippen molar-refractivity contribution < 1.29 is 4.74 Å². The molecule has 0 spiro atoms. The number of rotatable bonds is 7. The first-order valence-corrected chi connectivity index (χ1v) is 7.75. The van der Waals surface area contributed by atoms with Gasteiger partial charge in [-0.2, -0.15) is 0 Å². The van der Waals surface area contributed by atoms with Crippen molar-refractivity contribution >= 4 is 10.8 Å². The molecule has 0 heterocycles. The molecule has 0 aromatic heterocycles. The number of hydrogen-bond donors (Lipinski definition) is 1. The molecule has 0 amide bonds. The molecule has 1 aliphatic rings. The van der Waals surface area contributed by atoms with Gasteiger partial charge in [0.05, 0.1) is 6.61 Å². The molecule has 3 rings (SSSR count). The molecule has 0 aliphatic heterocycles. The van der Waals surface area contributed by atoms with Gasteiger partial charge in [-0.25, -0.2) is 0 Å². The fraction of sp³-hybridized carbons (Fsp3) is 0.444. The predicted octanol–water partition coefficient (Wildman–Crippen LogP) is 2.95. The molecular formula is C18H24N2O.